The van der Waals surface area contributed by atoms with Gasteiger partial charge in [-0.1, -0.05) is 23.2 Å². The first kappa shape index (κ1) is 16.8. The number of nitrogens with one attached hydrogen (secondary N) is 2. The fraction of sp³-hybridized carbons (Fsp3) is 0.385. The molecule has 0 heterocycles. The van der Waals surface area contributed by atoms with Crippen molar-refractivity contribution in [2.24, 2.45) is 5.73 Å². The van der Waals surface area contributed by atoms with Gasteiger partial charge in [-0.2, -0.15) is 0 Å². The van der Waals surface area contributed by atoms with E-state index in [2.05, 4.69) is 10.6 Å². The van der Waals surface area contributed by atoms with E-state index in [0.717, 1.165) is 0 Å². The molecule has 0 saturated carbocycles. The van der Waals surface area contributed by atoms with Gasteiger partial charge < -0.3 is 16.4 Å². The molecule has 0 aromatic heterocycles. The summed E-state index contributed by atoms with van der Waals surface area (Å²) in [6.07, 6.45) is 0.871. The van der Waals surface area contributed by atoms with E-state index in [1.54, 1.807) is 18.2 Å². The fourth-order valence-corrected chi connectivity index (χ4v) is 1.75. The summed E-state index contributed by atoms with van der Waals surface area (Å²) in [6.45, 7) is 1.70. The largest absolute Gasteiger partial charge is 0.347 e. The standard InChI is InChI=1S/C13H17Cl2N3O2/c1-8(16)2-5-12(19)17-7-13(20)18-11-6-9(14)3-4-10(11)15/h3-4,6,8H,2,5,7,16H2,1H3,(H,17,19)(H,18,20). The van der Waals surface area contributed by atoms with E-state index >= 15 is 0 Å². The lowest BCUT2D eigenvalue weighted by Crippen LogP contribution is -2.33. The molecule has 0 aliphatic rings. The van der Waals surface area contributed by atoms with Gasteiger partial charge in [-0.3, -0.25) is 9.59 Å². The van der Waals surface area contributed by atoms with Crippen LogP contribution in [0, 0.1) is 0 Å². The van der Waals surface area contributed by atoms with Crippen LogP contribution in [0.5, 0.6) is 0 Å². The second-order valence-corrected chi connectivity index (χ2v) is 5.31. The highest BCUT2D eigenvalue weighted by atomic mass is 35.5. The van der Waals surface area contributed by atoms with Crippen molar-refractivity contribution in [2.45, 2.75) is 25.8 Å². The zero-order valence-corrected chi connectivity index (χ0v) is 12.6. The lowest BCUT2D eigenvalue weighted by atomic mass is 10.2. The van der Waals surface area contributed by atoms with Crippen molar-refractivity contribution in [1.82, 2.24) is 5.32 Å². The summed E-state index contributed by atoms with van der Waals surface area (Å²) >= 11 is 11.7. The molecule has 1 atom stereocenters. The smallest absolute Gasteiger partial charge is 0.243 e. The summed E-state index contributed by atoms with van der Waals surface area (Å²) < 4.78 is 0. The highest BCUT2D eigenvalue weighted by Gasteiger charge is 2.09. The summed E-state index contributed by atoms with van der Waals surface area (Å²) in [4.78, 5) is 23.1. The first-order valence-corrected chi connectivity index (χ1v) is 6.91. The third-order valence-electron chi connectivity index (χ3n) is 2.48. The first-order chi connectivity index (χ1) is 9.38. The molecule has 5 nitrogen and oxygen atoms in total. The Kier molecular flexibility index (Phi) is 6.78. The van der Waals surface area contributed by atoms with E-state index < -0.39 is 0 Å². The molecular formula is C13H17Cl2N3O2. The maximum absolute atomic E-state index is 11.7. The molecule has 1 aromatic carbocycles. The maximum Gasteiger partial charge on any atom is 0.243 e. The molecule has 1 unspecified atom stereocenters. The van der Waals surface area contributed by atoms with Crippen LogP contribution in [-0.2, 0) is 9.59 Å². The summed E-state index contributed by atoms with van der Waals surface area (Å²) in [7, 11) is 0. The number of benzene rings is 1. The van der Waals surface area contributed by atoms with E-state index in [9.17, 15) is 9.59 Å². The van der Waals surface area contributed by atoms with Gasteiger partial charge in [0.2, 0.25) is 11.8 Å². The second-order valence-electron chi connectivity index (χ2n) is 4.47. The monoisotopic (exact) mass is 317 g/mol. The number of carbonyl (C=O) groups is 2. The van der Waals surface area contributed by atoms with Crippen LogP contribution in [0.15, 0.2) is 18.2 Å². The number of amides is 2. The van der Waals surface area contributed by atoms with Crippen molar-refractivity contribution in [3.8, 4) is 0 Å². The van der Waals surface area contributed by atoms with E-state index in [-0.39, 0.29) is 24.4 Å². The molecule has 0 saturated heterocycles. The number of rotatable bonds is 6. The van der Waals surface area contributed by atoms with Crippen LogP contribution in [0.1, 0.15) is 19.8 Å². The molecule has 20 heavy (non-hydrogen) atoms. The third-order valence-corrected chi connectivity index (χ3v) is 3.04. The van der Waals surface area contributed by atoms with Crippen molar-refractivity contribution in [3.05, 3.63) is 28.2 Å². The Morgan fingerprint density at radius 3 is 2.65 bits per heavy atom. The number of carbonyl (C=O) groups excluding carboxylic acids is 2. The molecule has 4 N–H and O–H groups in total. The summed E-state index contributed by atoms with van der Waals surface area (Å²) in [5.41, 5.74) is 5.95. The third kappa shape index (κ3) is 6.23. The van der Waals surface area contributed by atoms with Gasteiger partial charge in [0.1, 0.15) is 0 Å². The van der Waals surface area contributed by atoms with Gasteiger partial charge >= 0.3 is 0 Å². The Hall–Kier alpha value is -1.30. The van der Waals surface area contributed by atoms with Crippen molar-refractivity contribution in [3.63, 3.8) is 0 Å². The van der Waals surface area contributed by atoms with Crippen molar-refractivity contribution in [1.29, 1.82) is 0 Å². The average Bonchev–Trinajstić information content (AvgIpc) is 2.38. The number of halogens is 2. The Labute approximate surface area is 127 Å². The van der Waals surface area contributed by atoms with Gasteiger partial charge in [-0.05, 0) is 31.5 Å². The van der Waals surface area contributed by atoms with Gasteiger partial charge in [0.05, 0.1) is 17.3 Å². The fourth-order valence-electron chi connectivity index (χ4n) is 1.41. The molecule has 0 fully saturated rings. The number of anilines is 1. The topological polar surface area (TPSA) is 84.2 Å². The van der Waals surface area contributed by atoms with Gasteiger partial charge in [0.25, 0.3) is 0 Å². The Bertz CT molecular complexity index is 493. The Morgan fingerprint density at radius 1 is 1.30 bits per heavy atom. The molecule has 110 valence electrons. The minimum absolute atomic E-state index is 0.0418. The van der Waals surface area contributed by atoms with Crippen LogP contribution in [0.3, 0.4) is 0 Å². The van der Waals surface area contributed by atoms with Crippen LogP contribution in [0.4, 0.5) is 5.69 Å². The van der Waals surface area contributed by atoms with Gasteiger partial charge in [-0.15, -0.1) is 0 Å². The van der Waals surface area contributed by atoms with Crippen molar-refractivity contribution < 1.29 is 9.59 Å². The first-order valence-electron chi connectivity index (χ1n) is 6.15. The number of hydrogen-bond acceptors (Lipinski definition) is 3. The van der Waals surface area contributed by atoms with Crippen molar-refractivity contribution >= 4 is 40.7 Å². The Balaban J connectivity index is 2.40. The van der Waals surface area contributed by atoms with Crippen LogP contribution < -0.4 is 16.4 Å². The lowest BCUT2D eigenvalue weighted by molar-refractivity contribution is -0.124. The molecular weight excluding hydrogens is 301 g/mol. The molecule has 0 spiro atoms. The predicted octanol–water partition coefficient (Wildman–Crippen LogP) is 2.18. The highest BCUT2D eigenvalue weighted by molar-refractivity contribution is 6.35. The van der Waals surface area contributed by atoms with E-state index in [1.165, 1.54) is 0 Å². The van der Waals surface area contributed by atoms with Crippen LogP contribution in [0.2, 0.25) is 10.0 Å². The molecule has 0 radical (unpaired) electrons. The lowest BCUT2D eigenvalue weighted by Gasteiger charge is -2.09. The second kappa shape index (κ2) is 8.09. The minimum atomic E-state index is -0.372. The highest BCUT2D eigenvalue weighted by Crippen LogP contribution is 2.25. The number of hydrogen-bond donors (Lipinski definition) is 3. The molecule has 0 aliphatic heterocycles. The normalized spacial score (nSPS) is 11.8. The maximum atomic E-state index is 11.7. The quantitative estimate of drug-likeness (QED) is 0.751. The van der Waals surface area contributed by atoms with Crippen LogP contribution in [-0.4, -0.2) is 24.4 Å². The van der Waals surface area contributed by atoms with Crippen LogP contribution >= 0.6 is 23.2 Å². The Morgan fingerprint density at radius 2 is 2.00 bits per heavy atom. The van der Waals surface area contributed by atoms with Gasteiger partial charge in [0, 0.05) is 17.5 Å². The molecule has 0 bridgehead atoms. The molecule has 1 rings (SSSR count). The van der Waals surface area contributed by atoms with Gasteiger partial charge in [0.15, 0.2) is 0 Å². The predicted molar refractivity (Wildman–Crippen MR) is 81.0 cm³/mol. The van der Waals surface area contributed by atoms with E-state index in [0.29, 0.717) is 28.6 Å². The van der Waals surface area contributed by atoms with Gasteiger partial charge in [-0.25, -0.2) is 0 Å². The van der Waals surface area contributed by atoms with Crippen molar-refractivity contribution in [2.75, 3.05) is 11.9 Å². The minimum Gasteiger partial charge on any atom is -0.347 e. The molecule has 0 aliphatic carbocycles. The SMILES string of the molecule is CC(N)CCC(=O)NCC(=O)Nc1cc(Cl)ccc1Cl. The average molecular weight is 318 g/mol. The molecule has 2 amide bonds. The van der Waals surface area contributed by atoms with E-state index in [1.807, 2.05) is 6.92 Å². The summed E-state index contributed by atoms with van der Waals surface area (Å²) in [5, 5.41) is 5.93. The summed E-state index contributed by atoms with van der Waals surface area (Å²) in [5.74, 6) is -0.585. The zero-order chi connectivity index (χ0) is 15.1. The molecule has 7 heteroatoms. The summed E-state index contributed by atoms with van der Waals surface area (Å²) in [6, 6.07) is 4.70. The zero-order valence-electron chi connectivity index (χ0n) is 11.1. The van der Waals surface area contributed by atoms with E-state index in [4.69, 9.17) is 28.9 Å². The molecule has 1 aromatic rings. The van der Waals surface area contributed by atoms with Crippen LogP contribution in [0.25, 0.3) is 0 Å². The number of nitrogens with two attached hydrogens (primary N) is 1.